The van der Waals surface area contributed by atoms with Gasteiger partial charge >= 0.3 is 0 Å². The molecule has 1 amide bonds. The van der Waals surface area contributed by atoms with Gasteiger partial charge in [0, 0.05) is 32.2 Å². The number of hydrogen-bond acceptors (Lipinski definition) is 3. The SMILES string of the molecule is C=CCCCN(C)C(=O)c1cccc(S(=O)(=O)N(CC)CC)c1. The van der Waals surface area contributed by atoms with Crippen molar-refractivity contribution in [3.05, 3.63) is 42.5 Å². The van der Waals surface area contributed by atoms with Crippen LogP contribution in [0.4, 0.5) is 0 Å². The summed E-state index contributed by atoms with van der Waals surface area (Å²) in [5, 5.41) is 0. The fraction of sp³-hybridized carbons (Fsp3) is 0.471. The Labute approximate surface area is 139 Å². The Bertz CT molecular complexity index is 637. The fourth-order valence-corrected chi connectivity index (χ4v) is 3.80. The molecule has 0 saturated heterocycles. The molecule has 0 aliphatic rings. The van der Waals surface area contributed by atoms with Crippen molar-refractivity contribution in [3.63, 3.8) is 0 Å². The molecule has 1 rings (SSSR count). The molecule has 0 N–H and O–H groups in total. The predicted molar refractivity (Wildman–Crippen MR) is 92.9 cm³/mol. The molecule has 0 aliphatic carbocycles. The molecule has 5 nitrogen and oxygen atoms in total. The summed E-state index contributed by atoms with van der Waals surface area (Å²) in [7, 11) is -1.84. The lowest BCUT2D eigenvalue weighted by atomic mass is 10.2. The summed E-state index contributed by atoms with van der Waals surface area (Å²) in [6, 6.07) is 6.25. The first-order valence-corrected chi connectivity index (χ1v) is 9.29. The zero-order chi connectivity index (χ0) is 17.5. The van der Waals surface area contributed by atoms with E-state index >= 15 is 0 Å². The lowest BCUT2D eigenvalue weighted by Crippen LogP contribution is -2.31. The van der Waals surface area contributed by atoms with Gasteiger partial charge in [-0.3, -0.25) is 4.79 Å². The number of hydrogen-bond donors (Lipinski definition) is 0. The van der Waals surface area contributed by atoms with Gasteiger partial charge in [-0.25, -0.2) is 8.42 Å². The highest BCUT2D eigenvalue weighted by Gasteiger charge is 2.23. The van der Waals surface area contributed by atoms with Gasteiger partial charge in [-0.1, -0.05) is 26.0 Å². The van der Waals surface area contributed by atoms with E-state index in [1.165, 1.54) is 16.4 Å². The van der Waals surface area contributed by atoms with Gasteiger partial charge in [0.25, 0.3) is 5.91 Å². The van der Waals surface area contributed by atoms with E-state index < -0.39 is 10.0 Å². The number of sulfonamides is 1. The van der Waals surface area contributed by atoms with Crippen molar-refractivity contribution in [2.24, 2.45) is 0 Å². The van der Waals surface area contributed by atoms with Gasteiger partial charge < -0.3 is 4.90 Å². The molecule has 0 spiro atoms. The Morgan fingerprint density at radius 3 is 2.48 bits per heavy atom. The quantitative estimate of drug-likeness (QED) is 0.514. The highest BCUT2D eigenvalue weighted by Crippen LogP contribution is 2.18. The van der Waals surface area contributed by atoms with Crippen molar-refractivity contribution >= 4 is 15.9 Å². The van der Waals surface area contributed by atoms with Gasteiger partial charge in [0.05, 0.1) is 4.90 Å². The Hall–Kier alpha value is -1.66. The van der Waals surface area contributed by atoms with E-state index in [1.807, 2.05) is 6.08 Å². The largest absolute Gasteiger partial charge is 0.342 e. The fourth-order valence-electron chi connectivity index (χ4n) is 2.30. The van der Waals surface area contributed by atoms with Gasteiger partial charge in [-0.15, -0.1) is 6.58 Å². The number of nitrogens with zero attached hydrogens (tertiary/aromatic N) is 2. The van der Waals surface area contributed by atoms with E-state index in [-0.39, 0.29) is 10.8 Å². The second kappa shape index (κ2) is 8.84. The number of benzene rings is 1. The predicted octanol–water partition coefficient (Wildman–Crippen LogP) is 2.76. The number of carbonyl (C=O) groups excluding carboxylic acids is 1. The average Bonchev–Trinajstić information content (AvgIpc) is 2.55. The maximum absolute atomic E-state index is 12.5. The molecular formula is C17H26N2O3S. The molecule has 0 atom stereocenters. The molecule has 6 heteroatoms. The minimum atomic E-state index is -3.55. The molecule has 128 valence electrons. The van der Waals surface area contributed by atoms with Crippen LogP contribution < -0.4 is 0 Å². The molecule has 0 unspecified atom stereocenters. The molecule has 0 aromatic heterocycles. The van der Waals surface area contributed by atoms with Crippen molar-refractivity contribution in [1.29, 1.82) is 0 Å². The van der Waals surface area contributed by atoms with Crippen molar-refractivity contribution in [1.82, 2.24) is 9.21 Å². The number of carbonyl (C=O) groups is 1. The van der Waals surface area contributed by atoms with Crippen LogP contribution in [0.5, 0.6) is 0 Å². The van der Waals surface area contributed by atoms with Crippen molar-refractivity contribution < 1.29 is 13.2 Å². The third-order valence-corrected chi connectivity index (χ3v) is 5.72. The molecule has 0 saturated carbocycles. The van der Waals surface area contributed by atoms with E-state index in [0.717, 1.165) is 12.8 Å². The van der Waals surface area contributed by atoms with Crippen molar-refractivity contribution in [2.45, 2.75) is 31.6 Å². The van der Waals surface area contributed by atoms with Gasteiger partial charge in [-0.05, 0) is 31.0 Å². The topological polar surface area (TPSA) is 57.7 Å². The van der Waals surface area contributed by atoms with Crippen LogP contribution in [0.25, 0.3) is 0 Å². The van der Waals surface area contributed by atoms with Gasteiger partial charge in [-0.2, -0.15) is 4.31 Å². The zero-order valence-corrected chi connectivity index (χ0v) is 15.0. The summed E-state index contributed by atoms with van der Waals surface area (Å²) in [4.78, 5) is 14.2. The summed E-state index contributed by atoms with van der Waals surface area (Å²) in [5.74, 6) is -0.175. The summed E-state index contributed by atoms with van der Waals surface area (Å²) < 4.78 is 26.5. The maximum Gasteiger partial charge on any atom is 0.253 e. The number of allylic oxidation sites excluding steroid dienone is 1. The van der Waals surface area contributed by atoms with Gasteiger partial charge in [0.15, 0.2) is 0 Å². The molecule has 0 heterocycles. The van der Waals surface area contributed by atoms with E-state index in [4.69, 9.17) is 0 Å². The summed E-state index contributed by atoms with van der Waals surface area (Å²) in [6.07, 6.45) is 3.49. The monoisotopic (exact) mass is 338 g/mol. The Kier molecular flexibility index (Phi) is 7.45. The lowest BCUT2D eigenvalue weighted by molar-refractivity contribution is 0.0793. The second-order valence-electron chi connectivity index (χ2n) is 5.27. The Morgan fingerprint density at radius 1 is 1.26 bits per heavy atom. The van der Waals surface area contributed by atoms with Crippen LogP contribution >= 0.6 is 0 Å². The smallest absolute Gasteiger partial charge is 0.253 e. The van der Waals surface area contributed by atoms with Crippen LogP contribution in [0, 0.1) is 0 Å². The number of amides is 1. The molecule has 23 heavy (non-hydrogen) atoms. The van der Waals surface area contributed by atoms with E-state index in [9.17, 15) is 13.2 Å². The molecule has 0 fully saturated rings. The first-order chi connectivity index (χ1) is 10.9. The zero-order valence-electron chi connectivity index (χ0n) is 14.2. The maximum atomic E-state index is 12.5. The highest BCUT2D eigenvalue weighted by atomic mass is 32.2. The molecule has 0 bridgehead atoms. The normalized spacial score (nSPS) is 11.5. The molecule has 0 aliphatic heterocycles. The lowest BCUT2D eigenvalue weighted by Gasteiger charge is -2.20. The molecular weight excluding hydrogens is 312 g/mol. The minimum Gasteiger partial charge on any atom is -0.342 e. The standard InChI is InChI=1S/C17H26N2O3S/c1-5-8-9-13-18(4)17(20)15-11-10-12-16(14-15)23(21,22)19(6-2)7-3/h5,10-12,14H,1,6-9,13H2,2-4H3. The summed E-state index contributed by atoms with van der Waals surface area (Å²) >= 11 is 0. The number of rotatable bonds is 9. The van der Waals surface area contributed by atoms with Gasteiger partial charge in [0.2, 0.25) is 10.0 Å². The summed E-state index contributed by atoms with van der Waals surface area (Å²) in [5.41, 5.74) is 0.388. The third kappa shape index (κ3) is 4.91. The first kappa shape index (κ1) is 19.4. The van der Waals surface area contributed by atoms with Crippen LogP contribution in [0.3, 0.4) is 0 Å². The minimum absolute atomic E-state index is 0.159. The van der Waals surface area contributed by atoms with E-state index in [0.29, 0.717) is 25.2 Å². The molecule has 1 aromatic rings. The third-order valence-electron chi connectivity index (χ3n) is 3.67. The second-order valence-corrected chi connectivity index (χ2v) is 7.21. The molecule has 1 aromatic carbocycles. The van der Waals surface area contributed by atoms with E-state index in [2.05, 4.69) is 6.58 Å². The van der Waals surface area contributed by atoms with E-state index in [1.54, 1.807) is 37.9 Å². The molecule has 0 radical (unpaired) electrons. The summed E-state index contributed by atoms with van der Waals surface area (Å²) in [6.45, 7) is 8.66. The Morgan fingerprint density at radius 2 is 1.91 bits per heavy atom. The van der Waals surface area contributed by atoms with Crippen LogP contribution in [-0.4, -0.2) is 50.2 Å². The number of unbranched alkanes of at least 4 members (excludes halogenated alkanes) is 1. The van der Waals surface area contributed by atoms with Crippen molar-refractivity contribution in [3.8, 4) is 0 Å². The Balaban J connectivity index is 3.00. The van der Waals surface area contributed by atoms with Crippen LogP contribution in [0.2, 0.25) is 0 Å². The van der Waals surface area contributed by atoms with Crippen molar-refractivity contribution in [2.75, 3.05) is 26.7 Å². The highest BCUT2D eigenvalue weighted by molar-refractivity contribution is 7.89. The van der Waals surface area contributed by atoms with Crippen LogP contribution in [-0.2, 0) is 10.0 Å². The van der Waals surface area contributed by atoms with Crippen LogP contribution in [0.1, 0.15) is 37.0 Å². The first-order valence-electron chi connectivity index (χ1n) is 7.85. The average molecular weight is 338 g/mol. The van der Waals surface area contributed by atoms with Crippen LogP contribution in [0.15, 0.2) is 41.8 Å². The van der Waals surface area contributed by atoms with Gasteiger partial charge in [0.1, 0.15) is 0 Å².